The van der Waals surface area contributed by atoms with Gasteiger partial charge in [0.2, 0.25) is 5.91 Å². The number of amides is 2. The molecule has 5 heteroatoms. The van der Waals surface area contributed by atoms with Crippen LogP contribution in [0.15, 0.2) is 29.2 Å². The molecule has 0 radical (unpaired) electrons. The van der Waals surface area contributed by atoms with E-state index < -0.39 is 4.75 Å². The highest BCUT2D eigenvalue weighted by Gasteiger charge is 2.48. The summed E-state index contributed by atoms with van der Waals surface area (Å²) in [6, 6.07) is 7.70. The molecule has 0 saturated heterocycles. The van der Waals surface area contributed by atoms with Crippen LogP contribution in [-0.2, 0) is 9.59 Å². The van der Waals surface area contributed by atoms with Crippen LogP contribution in [0.5, 0.6) is 0 Å². The topological polar surface area (TPSA) is 49.4 Å². The number of fused-ring (bicyclic) bond motifs is 1. The minimum absolute atomic E-state index is 0.148. The molecule has 1 unspecified atom stereocenters. The number of carbonyl (C=O) groups is 2. The van der Waals surface area contributed by atoms with E-state index in [9.17, 15) is 9.59 Å². The smallest absolute Gasteiger partial charge is 0.252 e. The highest BCUT2D eigenvalue weighted by molar-refractivity contribution is 8.02. The van der Waals surface area contributed by atoms with Crippen LogP contribution >= 0.6 is 11.8 Å². The number of thioether (sulfide) groups is 1. The molecule has 2 rings (SSSR count). The summed E-state index contributed by atoms with van der Waals surface area (Å²) >= 11 is 1.33. The zero-order chi connectivity index (χ0) is 14.0. The van der Waals surface area contributed by atoms with E-state index in [1.54, 1.807) is 11.8 Å². The number of hydrogen-bond donors (Lipinski definition) is 1. The highest BCUT2D eigenvalue weighted by Crippen LogP contribution is 2.45. The SMILES string of the molecule is CCNC(=O)C1(C)Sc2ccccc2N(CC)C1=O. The van der Waals surface area contributed by atoms with Crippen LogP contribution in [0.25, 0.3) is 0 Å². The summed E-state index contributed by atoms with van der Waals surface area (Å²) in [5, 5.41) is 2.75. The molecule has 19 heavy (non-hydrogen) atoms. The fourth-order valence-electron chi connectivity index (χ4n) is 2.18. The summed E-state index contributed by atoms with van der Waals surface area (Å²) in [5.74, 6) is -0.373. The molecule has 102 valence electrons. The van der Waals surface area contributed by atoms with Crippen molar-refractivity contribution in [2.75, 3.05) is 18.0 Å². The minimum Gasteiger partial charge on any atom is -0.355 e. The first-order chi connectivity index (χ1) is 9.04. The molecule has 1 aliphatic heterocycles. The zero-order valence-corrected chi connectivity index (χ0v) is 12.2. The predicted molar refractivity (Wildman–Crippen MR) is 77.4 cm³/mol. The molecule has 1 N–H and O–H groups in total. The van der Waals surface area contributed by atoms with E-state index in [0.717, 1.165) is 10.6 Å². The van der Waals surface area contributed by atoms with E-state index in [0.29, 0.717) is 13.1 Å². The Balaban J connectivity index is 2.46. The van der Waals surface area contributed by atoms with Gasteiger partial charge in [-0.25, -0.2) is 0 Å². The second-order valence-corrected chi connectivity index (χ2v) is 5.97. The van der Waals surface area contributed by atoms with Gasteiger partial charge >= 0.3 is 0 Å². The lowest BCUT2D eigenvalue weighted by Crippen LogP contribution is -2.56. The van der Waals surface area contributed by atoms with Gasteiger partial charge < -0.3 is 10.2 Å². The average Bonchev–Trinajstić information content (AvgIpc) is 2.40. The summed E-state index contributed by atoms with van der Waals surface area (Å²) in [6.07, 6.45) is 0. The third-order valence-corrected chi connectivity index (χ3v) is 4.54. The van der Waals surface area contributed by atoms with E-state index in [4.69, 9.17) is 0 Å². The van der Waals surface area contributed by atoms with Crippen molar-refractivity contribution in [1.82, 2.24) is 5.32 Å². The van der Waals surface area contributed by atoms with E-state index >= 15 is 0 Å². The van der Waals surface area contributed by atoms with Crippen LogP contribution in [0.2, 0.25) is 0 Å². The minimum atomic E-state index is -1.08. The maximum absolute atomic E-state index is 12.6. The molecule has 2 amide bonds. The van der Waals surface area contributed by atoms with E-state index in [1.165, 1.54) is 11.8 Å². The van der Waals surface area contributed by atoms with Crippen LogP contribution in [0, 0.1) is 0 Å². The third kappa shape index (κ3) is 2.23. The number of nitrogens with zero attached hydrogens (tertiary/aromatic N) is 1. The summed E-state index contributed by atoms with van der Waals surface area (Å²) < 4.78 is -1.08. The fourth-order valence-corrected chi connectivity index (χ4v) is 3.42. The van der Waals surface area contributed by atoms with Gasteiger partial charge in [-0.3, -0.25) is 9.59 Å². The Labute approximate surface area is 117 Å². The molecule has 0 bridgehead atoms. The molecule has 0 fully saturated rings. The number of hydrogen-bond acceptors (Lipinski definition) is 3. The number of carbonyl (C=O) groups excluding carboxylic acids is 2. The Kier molecular flexibility index (Phi) is 3.85. The molecule has 0 saturated carbocycles. The van der Waals surface area contributed by atoms with Gasteiger partial charge in [-0.1, -0.05) is 23.9 Å². The quantitative estimate of drug-likeness (QED) is 0.861. The van der Waals surface area contributed by atoms with Gasteiger partial charge in [0.05, 0.1) is 5.69 Å². The molecule has 1 aromatic carbocycles. The first-order valence-electron chi connectivity index (χ1n) is 6.43. The van der Waals surface area contributed by atoms with Crippen molar-refractivity contribution < 1.29 is 9.59 Å². The van der Waals surface area contributed by atoms with Crippen molar-refractivity contribution in [3.63, 3.8) is 0 Å². The Morgan fingerprint density at radius 2 is 2.05 bits per heavy atom. The summed E-state index contributed by atoms with van der Waals surface area (Å²) in [4.78, 5) is 27.5. The average molecular weight is 278 g/mol. The molecule has 1 aliphatic rings. The molecule has 0 spiro atoms. The second kappa shape index (κ2) is 5.25. The van der Waals surface area contributed by atoms with Crippen molar-refractivity contribution in [2.45, 2.75) is 30.4 Å². The first kappa shape index (κ1) is 13.9. The Morgan fingerprint density at radius 3 is 2.68 bits per heavy atom. The van der Waals surface area contributed by atoms with E-state index in [2.05, 4.69) is 5.32 Å². The molecule has 1 aromatic rings. The van der Waals surface area contributed by atoms with Gasteiger partial charge in [0.25, 0.3) is 5.91 Å². The van der Waals surface area contributed by atoms with Crippen molar-refractivity contribution in [1.29, 1.82) is 0 Å². The summed E-state index contributed by atoms with van der Waals surface area (Å²) in [6.45, 7) is 6.55. The Morgan fingerprint density at radius 1 is 1.37 bits per heavy atom. The lowest BCUT2D eigenvalue weighted by Gasteiger charge is -2.38. The van der Waals surface area contributed by atoms with Crippen molar-refractivity contribution in [3.8, 4) is 0 Å². The number of anilines is 1. The fraction of sp³-hybridized carbons (Fsp3) is 0.429. The van der Waals surface area contributed by atoms with Crippen LogP contribution < -0.4 is 10.2 Å². The second-order valence-electron chi connectivity index (χ2n) is 4.51. The largest absolute Gasteiger partial charge is 0.355 e. The lowest BCUT2D eigenvalue weighted by molar-refractivity contribution is -0.131. The van der Waals surface area contributed by atoms with Crippen molar-refractivity contribution >= 4 is 29.3 Å². The monoisotopic (exact) mass is 278 g/mol. The number of para-hydroxylation sites is 1. The van der Waals surface area contributed by atoms with Crippen LogP contribution in [0.3, 0.4) is 0 Å². The maximum atomic E-state index is 12.6. The maximum Gasteiger partial charge on any atom is 0.252 e. The molecule has 1 heterocycles. The van der Waals surface area contributed by atoms with Crippen LogP contribution in [-0.4, -0.2) is 29.7 Å². The molecule has 0 aromatic heterocycles. The van der Waals surface area contributed by atoms with Gasteiger partial charge in [0.15, 0.2) is 4.75 Å². The van der Waals surface area contributed by atoms with Crippen LogP contribution in [0.1, 0.15) is 20.8 Å². The third-order valence-electron chi connectivity index (χ3n) is 3.21. The van der Waals surface area contributed by atoms with Crippen LogP contribution in [0.4, 0.5) is 5.69 Å². The van der Waals surface area contributed by atoms with Gasteiger partial charge in [-0.15, -0.1) is 0 Å². The molecular formula is C14H18N2O2S. The molecular weight excluding hydrogens is 260 g/mol. The van der Waals surface area contributed by atoms with E-state index in [1.807, 2.05) is 38.1 Å². The number of benzene rings is 1. The zero-order valence-electron chi connectivity index (χ0n) is 11.4. The molecule has 4 nitrogen and oxygen atoms in total. The number of nitrogens with one attached hydrogen (secondary N) is 1. The standard InChI is InChI=1S/C14H18N2O2S/c1-4-15-12(17)14(3)13(18)16(5-2)10-8-6-7-9-11(10)19-14/h6-9H,4-5H2,1-3H3,(H,15,17). The highest BCUT2D eigenvalue weighted by atomic mass is 32.2. The van der Waals surface area contributed by atoms with Gasteiger partial charge in [0.1, 0.15) is 0 Å². The number of rotatable bonds is 3. The summed E-state index contributed by atoms with van der Waals surface area (Å²) in [7, 11) is 0. The van der Waals surface area contributed by atoms with E-state index in [-0.39, 0.29) is 11.8 Å². The lowest BCUT2D eigenvalue weighted by atomic mass is 10.1. The molecule has 1 atom stereocenters. The van der Waals surface area contributed by atoms with Crippen molar-refractivity contribution in [3.05, 3.63) is 24.3 Å². The van der Waals surface area contributed by atoms with Gasteiger partial charge in [0, 0.05) is 18.0 Å². The van der Waals surface area contributed by atoms with Crippen molar-refractivity contribution in [2.24, 2.45) is 0 Å². The predicted octanol–water partition coefficient (Wildman–Crippen LogP) is 2.04. The van der Waals surface area contributed by atoms with Gasteiger partial charge in [-0.05, 0) is 32.9 Å². The Bertz CT molecular complexity index is 518. The van der Waals surface area contributed by atoms with Gasteiger partial charge in [-0.2, -0.15) is 0 Å². The summed E-state index contributed by atoms with van der Waals surface area (Å²) in [5.41, 5.74) is 0.891. The molecule has 0 aliphatic carbocycles. The normalized spacial score (nSPS) is 22.1. The first-order valence-corrected chi connectivity index (χ1v) is 7.24. The Hall–Kier alpha value is -1.49.